The van der Waals surface area contributed by atoms with Crippen LogP contribution in [0.15, 0.2) is 18.2 Å². The molecule has 2 N–H and O–H groups in total. The summed E-state index contributed by atoms with van der Waals surface area (Å²) in [5, 5.41) is 7.75. The molecule has 1 unspecified atom stereocenters. The average molecular weight is 225 g/mol. The quantitative estimate of drug-likeness (QED) is 0.762. The van der Waals surface area contributed by atoms with Crippen LogP contribution in [-0.4, -0.2) is 12.6 Å². The average Bonchev–Trinajstić information content (AvgIpc) is 2.39. The summed E-state index contributed by atoms with van der Waals surface area (Å²) in [6.45, 7) is 5.50. The molecule has 1 aromatic rings. The van der Waals surface area contributed by atoms with E-state index in [1.807, 2.05) is 18.2 Å². The predicted molar refractivity (Wildman–Crippen MR) is 66.8 cm³/mol. The third kappa shape index (κ3) is 2.37. The van der Waals surface area contributed by atoms with E-state index >= 15 is 0 Å². The minimum Gasteiger partial charge on any atom is -0.383 e. The van der Waals surface area contributed by atoms with Gasteiger partial charge in [0.25, 0.3) is 0 Å². The van der Waals surface area contributed by atoms with Crippen LogP contribution in [0.3, 0.4) is 0 Å². The molecule has 2 rings (SSSR count). The maximum atomic E-state index is 5.96. The van der Waals surface area contributed by atoms with Crippen molar-refractivity contribution in [2.45, 2.75) is 26.3 Å². The first kappa shape index (κ1) is 10.6. The lowest BCUT2D eigenvalue weighted by Gasteiger charge is -2.21. The fraction of sp³-hybridized carbons (Fsp3) is 0.500. The second kappa shape index (κ2) is 4.31. The lowest BCUT2D eigenvalue weighted by atomic mass is 10.0. The van der Waals surface area contributed by atoms with Gasteiger partial charge in [0.05, 0.1) is 11.4 Å². The number of anilines is 2. The molecular formula is C12H17ClN2. The third-order valence-corrected chi connectivity index (χ3v) is 3.13. The van der Waals surface area contributed by atoms with E-state index in [4.69, 9.17) is 11.6 Å². The maximum Gasteiger partial charge on any atom is 0.0591 e. The van der Waals surface area contributed by atoms with Gasteiger partial charge in [0, 0.05) is 17.6 Å². The van der Waals surface area contributed by atoms with Gasteiger partial charge in [-0.05, 0) is 30.5 Å². The van der Waals surface area contributed by atoms with Gasteiger partial charge in [0.1, 0.15) is 0 Å². The van der Waals surface area contributed by atoms with Crippen LogP contribution in [0.1, 0.15) is 20.3 Å². The van der Waals surface area contributed by atoms with Gasteiger partial charge in [-0.1, -0.05) is 25.4 Å². The highest BCUT2D eigenvalue weighted by molar-refractivity contribution is 6.31. The number of rotatable bonds is 1. The van der Waals surface area contributed by atoms with Crippen molar-refractivity contribution >= 4 is 23.0 Å². The summed E-state index contributed by atoms with van der Waals surface area (Å²) in [4.78, 5) is 0. The van der Waals surface area contributed by atoms with Crippen molar-refractivity contribution in [2.24, 2.45) is 5.92 Å². The van der Waals surface area contributed by atoms with Gasteiger partial charge in [-0.15, -0.1) is 0 Å². The molecule has 82 valence electrons. The first-order valence-corrected chi connectivity index (χ1v) is 5.84. The smallest absolute Gasteiger partial charge is 0.0591 e. The van der Waals surface area contributed by atoms with Crippen LogP contribution in [0.4, 0.5) is 11.4 Å². The summed E-state index contributed by atoms with van der Waals surface area (Å²) in [6, 6.07) is 6.50. The first-order valence-electron chi connectivity index (χ1n) is 5.47. The molecule has 0 bridgehead atoms. The molecule has 0 amide bonds. The van der Waals surface area contributed by atoms with Gasteiger partial charge >= 0.3 is 0 Å². The highest BCUT2D eigenvalue weighted by Crippen LogP contribution is 2.29. The molecule has 0 saturated carbocycles. The highest BCUT2D eigenvalue weighted by atomic mass is 35.5. The van der Waals surface area contributed by atoms with Crippen molar-refractivity contribution < 1.29 is 0 Å². The molecule has 0 spiro atoms. The molecule has 1 aromatic carbocycles. The second-order valence-electron chi connectivity index (χ2n) is 4.40. The lowest BCUT2D eigenvalue weighted by molar-refractivity contribution is 0.507. The number of nitrogens with one attached hydrogen (secondary N) is 2. The van der Waals surface area contributed by atoms with Gasteiger partial charge in [-0.25, -0.2) is 0 Å². The van der Waals surface area contributed by atoms with Crippen LogP contribution in [0.25, 0.3) is 0 Å². The monoisotopic (exact) mass is 224 g/mol. The summed E-state index contributed by atoms with van der Waals surface area (Å²) in [7, 11) is 0. The number of hydrogen-bond acceptors (Lipinski definition) is 2. The number of fused-ring (bicyclic) bond motifs is 1. The second-order valence-corrected chi connectivity index (χ2v) is 4.84. The van der Waals surface area contributed by atoms with Crippen molar-refractivity contribution in [1.82, 2.24) is 0 Å². The van der Waals surface area contributed by atoms with Gasteiger partial charge < -0.3 is 10.6 Å². The Morgan fingerprint density at radius 1 is 1.33 bits per heavy atom. The molecule has 0 saturated heterocycles. The van der Waals surface area contributed by atoms with E-state index in [0.717, 1.165) is 29.4 Å². The van der Waals surface area contributed by atoms with Crippen LogP contribution in [0.2, 0.25) is 5.02 Å². The van der Waals surface area contributed by atoms with Crippen molar-refractivity contribution in [2.75, 3.05) is 17.2 Å². The maximum absolute atomic E-state index is 5.96. The molecule has 0 fully saturated rings. The predicted octanol–water partition coefficient (Wildman–Crippen LogP) is 3.59. The molecule has 0 aromatic heterocycles. The van der Waals surface area contributed by atoms with E-state index in [2.05, 4.69) is 24.5 Å². The molecule has 15 heavy (non-hydrogen) atoms. The van der Waals surface area contributed by atoms with Crippen LogP contribution >= 0.6 is 11.6 Å². The number of hydrogen-bond donors (Lipinski definition) is 2. The Labute approximate surface area is 96.0 Å². The van der Waals surface area contributed by atoms with E-state index in [0.29, 0.717) is 12.0 Å². The molecule has 1 atom stereocenters. The lowest BCUT2D eigenvalue weighted by Crippen LogP contribution is -2.25. The minimum absolute atomic E-state index is 0.542. The van der Waals surface area contributed by atoms with E-state index in [9.17, 15) is 0 Å². The number of benzene rings is 1. The third-order valence-electron chi connectivity index (χ3n) is 2.90. The summed E-state index contributed by atoms with van der Waals surface area (Å²) >= 11 is 5.96. The largest absolute Gasteiger partial charge is 0.383 e. The molecular weight excluding hydrogens is 208 g/mol. The van der Waals surface area contributed by atoms with Gasteiger partial charge in [-0.2, -0.15) is 0 Å². The zero-order valence-electron chi connectivity index (χ0n) is 9.18. The summed E-state index contributed by atoms with van der Waals surface area (Å²) in [5.41, 5.74) is 2.28. The fourth-order valence-electron chi connectivity index (χ4n) is 1.92. The van der Waals surface area contributed by atoms with E-state index < -0.39 is 0 Å². The van der Waals surface area contributed by atoms with Crippen molar-refractivity contribution in [3.05, 3.63) is 23.2 Å². The van der Waals surface area contributed by atoms with Crippen LogP contribution in [-0.2, 0) is 0 Å². The van der Waals surface area contributed by atoms with E-state index in [1.54, 1.807) is 0 Å². The molecule has 0 aliphatic carbocycles. The normalized spacial score (nSPS) is 20.1. The fourth-order valence-corrected chi connectivity index (χ4v) is 2.09. The molecule has 2 nitrogen and oxygen atoms in total. The Kier molecular flexibility index (Phi) is 3.06. The van der Waals surface area contributed by atoms with Crippen molar-refractivity contribution in [3.63, 3.8) is 0 Å². The van der Waals surface area contributed by atoms with Crippen molar-refractivity contribution in [1.29, 1.82) is 0 Å². The Morgan fingerprint density at radius 3 is 2.87 bits per heavy atom. The highest BCUT2D eigenvalue weighted by Gasteiger charge is 2.17. The summed E-state index contributed by atoms with van der Waals surface area (Å²) in [5.74, 6) is 0.647. The zero-order chi connectivity index (χ0) is 10.8. The zero-order valence-corrected chi connectivity index (χ0v) is 9.93. The molecule has 1 heterocycles. The SMILES string of the molecule is CC(C)C1CCNc2cc(Cl)ccc2N1. The van der Waals surface area contributed by atoms with E-state index in [-0.39, 0.29) is 0 Å². The van der Waals surface area contributed by atoms with Gasteiger partial charge in [-0.3, -0.25) is 0 Å². The minimum atomic E-state index is 0.542. The summed E-state index contributed by atoms with van der Waals surface area (Å²) in [6.07, 6.45) is 1.14. The van der Waals surface area contributed by atoms with Gasteiger partial charge in [0.2, 0.25) is 0 Å². The van der Waals surface area contributed by atoms with Crippen LogP contribution in [0.5, 0.6) is 0 Å². The standard InChI is InChI=1S/C12H17ClN2/c1-8(2)10-5-6-14-12-7-9(13)3-4-11(12)15-10/h3-4,7-8,10,14-15H,5-6H2,1-2H3. The van der Waals surface area contributed by atoms with Crippen LogP contribution < -0.4 is 10.6 Å². The first-order chi connectivity index (χ1) is 7.16. The van der Waals surface area contributed by atoms with Crippen LogP contribution in [0, 0.1) is 5.92 Å². The topological polar surface area (TPSA) is 24.1 Å². The molecule has 1 aliphatic heterocycles. The number of halogens is 1. The Hall–Kier alpha value is -0.890. The van der Waals surface area contributed by atoms with E-state index in [1.165, 1.54) is 0 Å². The van der Waals surface area contributed by atoms with Crippen molar-refractivity contribution in [3.8, 4) is 0 Å². The summed E-state index contributed by atoms with van der Waals surface area (Å²) < 4.78 is 0. The molecule has 0 radical (unpaired) electrons. The Bertz CT molecular complexity index is 349. The van der Waals surface area contributed by atoms with Gasteiger partial charge in [0.15, 0.2) is 0 Å². The molecule has 1 aliphatic rings. The Morgan fingerprint density at radius 2 is 2.13 bits per heavy atom. The molecule has 3 heteroatoms. The Balaban J connectivity index is 2.26.